The minimum absolute atomic E-state index is 0.00342. The second-order valence-corrected chi connectivity index (χ2v) is 4.83. The molecule has 3 aromatic rings. The molecule has 0 N–H and O–H groups in total. The minimum atomic E-state index is -1.83. The van der Waals surface area contributed by atoms with Crippen molar-refractivity contribution in [1.29, 1.82) is 0 Å². The van der Waals surface area contributed by atoms with Crippen LogP contribution in [0.15, 0.2) is 34.7 Å². The van der Waals surface area contributed by atoms with Gasteiger partial charge in [-0.3, -0.25) is 4.79 Å². The quantitative estimate of drug-likeness (QED) is 0.232. The van der Waals surface area contributed by atoms with E-state index in [1.54, 1.807) is 0 Å². The van der Waals surface area contributed by atoms with Crippen molar-refractivity contribution in [2.45, 2.75) is 0 Å². The number of esters is 1. The van der Waals surface area contributed by atoms with E-state index in [1.807, 2.05) is 0 Å². The molecule has 0 radical (unpaired) electrons. The summed E-state index contributed by atoms with van der Waals surface area (Å²) in [6, 6.07) is 5.03. The first-order chi connectivity index (χ1) is 12.4. The van der Waals surface area contributed by atoms with Crippen LogP contribution in [0.2, 0.25) is 0 Å². The van der Waals surface area contributed by atoms with Crippen LogP contribution in [0.5, 0.6) is 5.75 Å². The first-order valence-electron chi connectivity index (χ1n) is 6.85. The van der Waals surface area contributed by atoms with Gasteiger partial charge in [-0.2, -0.15) is 8.78 Å². The second-order valence-electron chi connectivity index (χ2n) is 4.83. The Kier molecular flexibility index (Phi) is 4.48. The molecule has 0 fully saturated rings. The van der Waals surface area contributed by atoms with Crippen molar-refractivity contribution in [2.24, 2.45) is 0 Å². The van der Waals surface area contributed by atoms with E-state index >= 15 is 0 Å². The van der Waals surface area contributed by atoms with Gasteiger partial charge in [-0.05, 0) is 24.3 Å². The van der Waals surface area contributed by atoms with Gasteiger partial charge in [0.1, 0.15) is 0 Å². The molecule has 2 aromatic carbocycles. The van der Waals surface area contributed by atoms with Crippen molar-refractivity contribution in [3.63, 3.8) is 0 Å². The van der Waals surface area contributed by atoms with Gasteiger partial charge >= 0.3 is 5.97 Å². The molecule has 10 heteroatoms. The van der Waals surface area contributed by atoms with Gasteiger partial charge in [0.15, 0.2) is 11.6 Å². The molecular weight excluding hydrogens is 360 g/mol. The second kappa shape index (κ2) is 6.75. The normalized spacial score (nSPS) is 10.6. The van der Waals surface area contributed by atoms with Gasteiger partial charge in [0, 0.05) is 11.6 Å². The van der Waals surface area contributed by atoms with Crippen LogP contribution in [-0.4, -0.2) is 22.5 Å². The zero-order valence-corrected chi connectivity index (χ0v) is 12.5. The molecule has 132 valence electrons. The Hall–Kier alpha value is -3.56. The largest absolute Gasteiger partial charge is 0.416 e. The molecule has 3 rings (SSSR count). The fourth-order valence-electron chi connectivity index (χ4n) is 1.94. The number of aromatic nitrogens is 2. The number of rotatable bonds is 4. The predicted octanol–water partition coefficient (Wildman–Crippen LogP) is 3.32. The van der Waals surface area contributed by atoms with Crippen molar-refractivity contribution >= 4 is 12.3 Å². The van der Waals surface area contributed by atoms with E-state index in [0.29, 0.717) is 11.8 Å². The van der Waals surface area contributed by atoms with Crippen molar-refractivity contribution in [1.82, 2.24) is 10.2 Å². The number of hydrogen-bond donors (Lipinski definition) is 0. The number of benzene rings is 2. The lowest BCUT2D eigenvalue weighted by Crippen LogP contribution is -2.12. The highest BCUT2D eigenvalue weighted by Crippen LogP contribution is 2.27. The summed E-state index contributed by atoms with van der Waals surface area (Å²) in [5.74, 6) is -10.1. The Bertz CT molecular complexity index is 976. The summed E-state index contributed by atoms with van der Waals surface area (Å²) in [7, 11) is 0. The van der Waals surface area contributed by atoms with Gasteiger partial charge in [0.25, 0.3) is 5.89 Å². The number of carbonyl (C=O) groups excluding carboxylic acids is 2. The summed E-state index contributed by atoms with van der Waals surface area (Å²) in [6.07, 6.45) is 0.351. The van der Waals surface area contributed by atoms with Crippen molar-refractivity contribution in [3.05, 3.63) is 65.1 Å². The number of aldehydes is 1. The smallest absolute Gasteiger partial charge is 0.343 e. The summed E-state index contributed by atoms with van der Waals surface area (Å²) in [6.45, 7) is 0. The van der Waals surface area contributed by atoms with Crippen LogP contribution in [0.4, 0.5) is 17.6 Å². The molecule has 0 saturated heterocycles. The molecule has 0 aliphatic rings. The van der Waals surface area contributed by atoms with E-state index in [1.165, 1.54) is 24.3 Å². The maximum atomic E-state index is 13.5. The molecule has 0 amide bonds. The molecule has 0 bridgehead atoms. The molecular formula is C16H6F4N2O4. The van der Waals surface area contributed by atoms with Gasteiger partial charge in [0.2, 0.25) is 29.6 Å². The van der Waals surface area contributed by atoms with Crippen molar-refractivity contribution in [2.75, 3.05) is 0 Å². The van der Waals surface area contributed by atoms with Crippen LogP contribution in [0.25, 0.3) is 11.5 Å². The molecule has 0 atom stereocenters. The average Bonchev–Trinajstić information content (AvgIpc) is 3.13. The van der Waals surface area contributed by atoms with Gasteiger partial charge in [-0.25, -0.2) is 13.6 Å². The summed E-state index contributed by atoms with van der Waals surface area (Å²) in [5.41, 5.74) is 0.170. The molecule has 1 heterocycles. The lowest BCUT2D eigenvalue weighted by Gasteiger charge is -2.08. The van der Waals surface area contributed by atoms with Crippen LogP contribution in [0.3, 0.4) is 0 Å². The molecule has 0 spiro atoms. The Morgan fingerprint density at radius 2 is 1.62 bits per heavy atom. The van der Waals surface area contributed by atoms with Crippen molar-refractivity contribution in [3.8, 4) is 17.2 Å². The highest BCUT2D eigenvalue weighted by molar-refractivity contribution is 5.91. The van der Waals surface area contributed by atoms with Gasteiger partial charge in [0.05, 0.1) is 5.56 Å². The lowest BCUT2D eigenvalue weighted by molar-refractivity contribution is 0.0717. The van der Waals surface area contributed by atoms with E-state index in [4.69, 9.17) is 4.42 Å². The third-order valence-electron chi connectivity index (χ3n) is 3.18. The maximum Gasteiger partial charge on any atom is 0.343 e. The van der Waals surface area contributed by atoms with E-state index in [-0.39, 0.29) is 23.4 Å². The zero-order valence-electron chi connectivity index (χ0n) is 12.5. The van der Waals surface area contributed by atoms with E-state index in [9.17, 15) is 27.2 Å². The number of ether oxygens (including phenoxy) is 1. The third kappa shape index (κ3) is 3.16. The monoisotopic (exact) mass is 366 g/mol. The van der Waals surface area contributed by atoms with Crippen LogP contribution in [0.1, 0.15) is 21.0 Å². The first-order valence-corrected chi connectivity index (χ1v) is 6.85. The Balaban J connectivity index is 1.84. The number of carbonyl (C=O) groups is 2. The molecule has 6 nitrogen and oxygen atoms in total. The summed E-state index contributed by atoms with van der Waals surface area (Å²) >= 11 is 0. The highest BCUT2D eigenvalue weighted by atomic mass is 19.2. The topological polar surface area (TPSA) is 82.3 Å². The first kappa shape index (κ1) is 17.3. The summed E-state index contributed by atoms with van der Waals surface area (Å²) in [5, 5.41) is 7.03. The van der Waals surface area contributed by atoms with E-state index in [0.717, 1.165) is 0 Å². The van der Waals surface area contributed by atoms with Gasteiger partial charge in [-0.1, -0.05) is 0 Å². The SMILES string of the molecule is O=Cc1nnc(-c2ccc(C(=O)Oc3c(F)c(F)cc(F)c3F)cc2)o1. The molecule has 0 aliphatic heterocycles. The van der Waals surface area contributed by atoms with Crippen LogP contribution < -0.4 is 4.74 Å². The fraction of sp³-hybridized carbons (Fsp3) is 0. The van der Waals surface area contributed by atoms with Gasteiger partial charge < -0.3 is 9.15 Å². The number of halogens is 4. The standard InChI is InChI=1S/C16H6F4N2O4/c17-9-5-10(18)13(20)14(12(9)19)26-16(24)8-3-1-7(2-4-8)15-22-21-11(6-23)25-15/h1-6H. The van der Waals surface area contributed by atoms with Crippen LogP contribution in [-0.2, 0) is 0 Å². The molecule has 0 saturated carbocycles. The maximum absolute atomic E-state index is 13.5. The Labute approximate surface area is 142 Å². The molecule has 1 aromatic heterocycles. The molecule has 0 unspecified atom stereocenters. The summed E-state index contributed by atoms with van der Waals surface area (Å²) < 4.78 is 62.7. The average molecular weight is 366 g/mol. The van der Waals surface area contributed by atoms with Crippen LogP contribution in [0, 0.1) is 23.3 Å². The predicted molar refractivity (Wildman–Crippen MR) is 76.4 cm³/mol. The fourth-order valence-corrected chi connectivity index (χ4v) is 1.94. The molecule has 0 aliphatic carbocycles. The minimum Gasteiger partial charge on any atom is -0.416 e. The zero-order chi connectivity index (χ0) is 18.8. The van der Waals surface area contributed by atoms with Crippen LogP contribution >= 0.6 is 0 Å². The summed E-state index contributed by atoms with van der Waals surface area (Å²) in [4.78, 5) is 22.4. The lowest BCUT2D eigenvalue weighted by atomic mass is 10.1. The van der Waals surface area contributed by atoms with Gasteiger partial charge in [-0.15, -0.1) is 10.2 Å². The van der Waals surface area contributed by atoms with Crippen molar-refractivity contribution < 1.29 is 36.3 Å². The Morgan fingerprint density at radius 1 is 1.00 bits per heavy atom. The van der Waals surface area contributed by atoms with E-state index in [2.05, 4.69) is 14.9 Å². The number of nitrogens with zero attached hydrogens (tertiary/aromatic N) is 2. The Morgan fingerprint density at radius 3 is 2.15 bits per heavy atom. The van der Waals surface area contributed by atoms with E-state index < -0.39 is 35.0 Å². The highest BCUT2D eigenvalue weighted by Gasteiger charge is 2.23. The third-order valence-corrected chi connectivity index (χ3v) is 3.18. The molecule has 26 heavy (non-hydrogen) atoms. The number of hydrogen-bond acceptors (Lipinski definition) is 6.